The number of nitrogens with one attached hydrogen (secondary N) is 1. The molecule has 0 spiro atoms. The molecule has 2 rings (SSSR count). The van der Waals surface area contributed by atoms with Gasteiger partial charge >= 0.3 is 0 Å². The highest BCUT2D eigenvalue weighted by molar-refractivity contribution is 7.99. The average molecular weight is 301 g/mol. The van der Waals surface area contributed by atoms with Crippen LogP contribution in [0.15, 0.2) is 58.5 Å². The fourth-order valence-corrected chi connectivity index (χ4v) is 2.35. The maximum Gasteiger partial charge on any atom is 0.271 e. The summed E-state index contributed by atoms with van der Waals surface area (Å²) < 4.78 is 0. The third-order valence-electron chi connectivity index (χ3n) is 2.66. The first-order valence-corrected chi connectivity index (χ1v) is 7.44. The fraction of sp³-hybridized carbons (Fsp3) is 0.133. The number of non-ortho nitro benzene ring substituents is 1. The number of rotatable bonds is 6. The summed E-state index contributed by atoms with van der Waals surface area (Å²) in [7, 11) is 0. The number of benzene rings is 2. The molecule has 0 fully saturated rings. The van der Waals surface area contributed by atoms with Crippen molar-refractivity contribution in [3.05, 3.63) is 64.2 Å². The summed E-state index contributed by atoms with van der Waals surface area (Å²) in [5, 5.41) is 14.8. The van der Waals surface area contributed by atoms with Crippen LogP contribution in [0.3, 0.4) is 0 Å². The lowest BCUT2D eigenvalue weighted by molar-refractivity contribution is -0.384. The maximum atomic E-state index is 10.7. The minimum atomic E-state index is -0.432. The molecule has 1 N–H and O–H groups in total. The molecule has 0 saturated heterocycles. The average Bonchev–Trinajstić information content (AvgIpc) is 2.50. The summed E-state index contributed by atoms with van der Waals surface area (Å²) in [4.78, 5) is 11.5. The highest BCUT2D eigenvalue weighted by Crippen LogP contribution is 2.18. The number of hydrogen-bond acceptors (Lipinski definition) is 5. The van der Waals surface area contributed by atoms with Crippen LogP contribution < -0.4 is 5.43 Å². The van der Waals surface area contributed by atoms with E-state index in [1.54, 1.807) is 30.1 Å². The molecule has 0 aliphatic carbocycles. The smallest absolute Gasteiger partial charge is 0.271 e. The van der Waals surface area contributed by atoms with E-state index in [4.69, 9.17) is 0 Å². The van der Waals surface area contributed by atoms with Crippen molar-refractivity contribution in [1.29, 1.82) is 0 Å². The SMILES string of the molecule is CCSc1ccc(C=NNc2cccc([N+](=O)[O-])c2)cc1. The predicted octanol–water partition coefficient (Wildman–Crippen LogP) is 4.15. The molecule has 0 atom stereocenters. The summed E-state index contributed by atoms with van der Waals surface area (Å²) in [5.74, 6) is 1.04. The van der Waals surface area contributed by atoms with Crippen LogP contribution >= 0.6 is 11.8 Å². The number of thioether (sulfide) groups is 1. The molecular weight excluding hydrogens is 286 g/mol. The highest BCUT2D eigenvalue weighted by Gasteiger charge is 2.04. The quantitative estimate of drug-likeness (QED) is 0.376. The van der Waals surface area contributed by atoms with E-state index >= 15 is 0 Å². The van der Waals surface area contributed by atoms with Gasteiger partial charge in [-0.1, -0.05) is 25.1 Å². The molecule has 2 aromatic carbocycles. The van der Waals surface area contributed by atoms with Gasteiger partial charge in [0.2, 0.25) is 0 Å². The Labute approximate surface area is 127 Å². The van der Waals surface area contributed by atoms with Gasteiger partial charge in [-0.2, -0.15) is 5.10 Å². The summed E-state index contributed by atoms with van der Waals surface area (Å²) in [6.45, 7) is 2.11. The van der Waals surface area contributed by atoms with Crippen LogP contribution in [0, 0.1) is 10.1 Å². The predicted molar refractivity (Wildman–Crippen MR) is 87.2 cm³/mol. The van der Waals surface area contributed by atoms with Gasteiger partial charge in [0.25, 0.3) is 5.69 Å². The van der Waals surface area contributed by atoms with Crippen molar-refractivity contribution in [2.45, 2.75) is 11.8 Å². The van der Waals surface area contributed by atoms with Crippen molar-refractivity contribution in [3.8, 4) is 0 Å². The molecule has 0 aliphatic rings. The zero-order valence-corrected chi connectivity index (χ0v) is 12.3. The molecule has 0 saturated carbocycles. The summed E-state index contributed by atoms with van der Waals surface area (Å²) in [6.07, 6.45) is 1.68. The monoisotopic (exact) mass is 301 g/mol. The number of nitrogens with zero attached hydrogens (tertiary/aromatic N) is 2. The van der Waals surface area contributed by atoms with Crippen LogP contribution in [0.2, 0.25) is 0 Å². The Balaban J connectivity index is 1.98. The molecule has 0 heterocycles. The number of nitro groups is 1. The topological polar surface area (TPSA) is 67.5 Å². The molecule has 0 aliphatic heterocycles. The van der Waals surface area contributed by atoms with Crippen LogP contribution in [0.5, 0.6) is 0 Å². The molecule has 5 nitrogen and oxygen atoms in total. The number of hydrogen-bond donors (Lipinski definition) is 1. The standard InChI is InChI=1S/C15H15N3O2S/c1-2-21-15-8-6-12(7-9-15)11-16-17-13-4-3-5-14(10-13)18(19)20/h3-11,17H,2H2,1H3. The zero-order valence-electron chi connectivity index (χ0n) is 11.5. The van der Waals surface area contributed by atoms with E-state index < -0.39 is 4.92 Å². The first-order chi connectivity index (χ1) is 10.2. The van der Waals surface area contributed by atoms with Crippen molar-refractivity contribution in [2.75, 3.05) is 11.2 Å². The summed E-state index contributed by atoms with van der Waals surface area (Å²) in [5.41, 5.74) is 4.37. The van der Waals surface area contributed by atoms with Crippen LogP contribution in [-0.4, -0.2) is 16.9 Å². The molecule has 6 heteroatoms. The van der Waals surface area contributed by atoms with Gasteiger partial charge in [0.05, 0.1) is 16.8 Å². The van der Waals surface area contributed by atoms with Crippen LogP contribution in [0.4, 0.5) is 11.4 Å². The molecule has 0 unspecified atom stereocenters. The van der Waals surface area contributed by atoms with Crippen molar-refractivity contribution >= 4 is 29.4 Å². The van der Waals surface area contributed by atoms with Gasteiger partial charge in [-0.25, -0.2) is 0 Å². The molecule has 21 heavy (non-hydrogen) atoms. The van der Waals surface area contributed by atoms with Crippen LogP contribution in [-0.2, 0) is 0 Å². The van der Waals surface area contributed by atoms with Crippen LogP contribution in [0.25, 0.3) is 0 Å². The lowest BCUT2D eigenvalue weighted by atomic mass is 10.2. The van der Waals surface area contributed by atoms with Crippen molar-refractivity contribution in [3.63, 3.8) is 0 Å². The number of nitro benzene ring substituents is 1. The Morgan fingerprint density at radius 3 is 2.71 bits per heavy atom. The Hall–Kier alpha value is -2.34. The van der Waals surface area contributed by atoms with Crippen molar-refractivity contribution < 1.29 is 4.92 Å². The minimum absolute atomic E-state index is 0.0381. The molecule has 2 aromatic rings. The van der Waals surface area contributed by atoms with E-state index in [2.05, 4.69) is 17.5 Å². The number of hydrazone groups is 1. The van der Waals surface area contributed by atoms with E-state index in [0.29, 0.717) is 5.69 Å². The van der Waals surface area contributed by atoms with E-state index in [9.17, 15) is 10.1 Å². The number of anilines is 1. The second kappa shape index (κ2) is 7.44. The first-order valence-electron chi connectivity index (χ1n) is 6.45. The van der Waals surface area contributed by atoms with E-state index in [0.717, 1.165) is 11.3 Å². The van der Waals surface area contributed by atoms with Gasteiger partial charge in [-0.15, -0.1) is 11.8 Å². The van der Waals surface area contributed by atoms with E-state index in [1.165, 1.54) is 17.0 Å². The van der Waals surface area contributed by atoms with E-state index in [-0.39, 0.29) is 5.69 Å². The van der Waals surface area contributed by atoms with Gasteiger partial charge < -0.3 is 0 Å². The Morgan fingerprint density at radius 1 is 1.29 bits per heavy atom. The second-order valence-corrected chi connectivity index (χ2v) is 5.52. The van der Waals surface area contributed by atoms with Crippen molar-refractivity contribution in [1.82, 2.24) is 0 Å². The van der Waals surface area contributed by atoms with Gasteiger partial charge in [0, 0.05) is 17.0 Å². The van der Waals surface area contributed by atoms with Gasteiger partial charge in [0.1, 0.15) is 0 Å². The molecule has 0 aromatic heterocycles. The first kappa shape index (κ1) is 15.1. The third-order valence-corrected chi connectivity index (χ3v) is 3.55. The molecular formula is C15H15N3O2S. The van der Waals surface area contributed by atoms with Crippen LogP contribution in [0.1, 0.15) is 12.5 Å². The Morgan fingerprint density at radius 2 is 2.05 bits per heavy atom. The molecule has 108 valence electrons. The molecule has 0 radical (unpaired) electrons. The van der Waals surface area contributed by atoms with Gasteiger partial charge in [-0.05, 0) is 29.5 Å². The minimum Gasteiger partial charge on any atom is -0.278 e. The second-order valence-electron chi connectivity index (χ2n) is 4.18. The highest BCUT2D eigenvalue weighted by atomic mass is 32.2. The van der Waals surface area contributed by atoms with E-state index in [1.807, 2.05) is 24.3 Å². The van der Waals surface area contributed by atoms with Crippen molar-refractivity contribution in [2.24, 2.45) is 5.10 Å². The fourth-order valence-electron chi connectivity index (χ4n) is 1.69. The largest absolute Gasteiger partial charge is 0.278 e. The lowest BCUT2D eigenvalue weighted by Crippen LogP contribution is -1.93. The summed E-state index contributed by atoms with van der Waals surface area (Å²) in [6, 6.07) is 14.3. The maximum absolute atomic E-state index is 10.7. The normalized spacial score (nSPS) is 10.7. The zero-order chi connectivity index (χ0) is 15.1. The molecule has 0 bridgehead atoms. The Kier molecular flexibility index (Phi) is 5.34. The van der Waals surface area contributed by atoms with Gasteiger partial charge in [-0.3, -0.25) is 15.5 Å². The lowest BCUT2D eigenvalue weighted by Gasteiger charge is -2.00. The van der Waals surface area contributed by atoms with Gasteiger partial charge in [0.15, 0.2) is 0 Å². The molecule has 0 amide bonds. The summed E-state index contributed by atoms with van der Waals surface area (Å²) >= 11 is 1.79. The Bertz CT molecular complexity index is 642. The third kappa shape index (κ3) is 4.61.